The molecular weight excluding hydrogens is 96.1 g/mol. The second kappa shape index (κ2) is 6.48. The van der Waals surface area contributed by atoms with E-state index >= 15 is 0 Å². The minimum absolute atomic E-state index is 1.06. The quantitative estimate of drug-likeness (QED) is 0.457. The smallest absolute Gasteiger partial charge is 0.0401 e. The van der Waals surface area contributed by atoms with Gasteiger partial charge in [0.25, 0.3) is 0 Å². The SMILES string of the molecule is C=C(C)C(=C)C.CC. The van der Waals surface area contributed by atoms with E-state index in [1.807, 2.05) is 27.7 Å². The molecule has 0 radical (unpaired) electrons. The zero-order valence-corrected chi connectivity index (χ0v) is 6.41. The third-order valence-electron chi connectivity index (χ3n) is 0.729. The fraction of sp³-hybridized carbons (Fsp3) is 0.500. The Morgan fingerprint density at radius 1 is 0.875 bits per heavy atom. The molecule has 0 aliphatic heterocycles. The summed E-state index contributed by atoms with van der Waals surface area (Å²) in [6.45, 7) is 15.2. The van der Waals surface area contributed by atoms with Crippen molar-refractivity contribution in [3.63, 3.8) is 0 Å². The van der Waals surface area contributed by atoms with Gasteiger partial charge in [-0.25, -0.2) is 0 Å². The summed E-state index contributed by atoms with van der Waals surface area (Å²) in [6, 6.07) is 0. The Morgan fingerprint density at radius 3 is 1.00 bits per heavy atom. The Morgan fingerprint density at radius 2 is 1.00 bits per heavy atom. The minimum atomic E-state index is 1.06. The fourth-order valence-electron chi connectivity index (χ4n) is 0. The molecule has 0 aromatic heterocycles. The Hall–Kier alpha value is -0.520. The van der Waals surface area contributed by atoms with Gasteiger partial charge in [-0.15, -0.1) is 0 Å². The average molecular weight is 112 g/mol. The summed E-state index contributed by atoms with van der Waals surface area (Å²) in [4.78, 5) is 0. The maximum Gasteiger partial charge on any atom is -0.0401 e. The molecule has 0 aromatic rings. The Labute approximate surface area is 52.9 Å². The molecule has 0 spiro atoms. The lowest BCUT2D eigenvalue weighted by molar-refractivity contribution is 1.39. The van der Waals surface area contributed by atoms with Gasteiger partial charge in [0.2, 0.25) is 0 Å². The largest absolute Gasteiger partial charge is 0.0959 e. The molecule has 0 amide bonds. The maximum atomic E-state index is 3.66. The molecule has 0 rings (SSSR count). The minimum Gasteiger partial charge on any atom is -0.0959 e. The zero-order valence-electron chi connectivity index (χ0n) is 6.41. The van der Waals surface area contributed by atoms with Crippen LogP contribution in [-0.4, -0.2) is 0 Å². The summed E-state index contributed by atoms with van der Waals surface area (Å²) >= 11 is 0. The van der Waals surface area contributed by atoms with Crippen molar-refractivity contribution >= 4 is 0 Å². The van der Waals surface area contributed by atoms with Crippen LogP contribution >= 0.6 is 0 Å². The highest BCUT2D eigenvalue weighted by atomic mass is 13.8. The van der Waals surface area contributed by atoms with Crippen molar-refractivity contribution < 1.29 is 0 Å². The van der Waals surface area contributed by atoms with Gasteiger partial charge < -0.3 is 0 Å². The second-order valence-corrected chi connectivity index (χ2v) is 1.56. The van der Waals surface area contributed by atoms with Crippen molar-refractivity contribution in [2.75, 3.05) is 0 Å². The van der Waals surface area contributed by atoms with Gasteiger partial charge >= 0.3 is 0 Å². The van der Waals surface area contributed by atoms with Gasteiger partial charge in [-0.2, -0.15) is 0 Å². The van der Waals surface area contributed by atoms with E-state index in [1.54, 1.807) is 0 Å². The number of allylic oxidation sites excluding steroid dienone is 2. The highest BCUT2D eigenvalue weighted by molar-refractivity contribution is 5.19. The summed E-state index contributed by atoms with van der Waals surface area (Å²) in [7, 11) is 0. The van der Waals surface area contributed by atoms with Gasteiger partial charge in [-0.3, -0.25) is 0 Å². The van der Waals surface area contributed by atoms with E-state index in [0.29, 0.717) is 0 Å². The number of hydrogen-bond acceptors (Lipinski definition) is 0. The lowest BCUT2D eigenvalue weighted by Crippen LogP contribution is -1.67. The van der Waals surface area contributed by atoms with Crippen LogP contribution in [0.4, 0.5) is 0 Å². The van der Waals surface area contributed by atoms with E-state index in [-0.39, 0.29) is 0 Å². The van der Waals surface area contributed by atoms with Crippen LogP contribution in [0.1, 0.15) is 27.7 Å². The van der Waals surface area contributed by atoms with Gasteiger partial charge in [0.15, 0.2) is 0 Å². The van der Waals surface area contributed by atoms with Gasteiger partial charge in [0, 0.05) is 0 Å². The van der Waals surface area contributed by atoms with Crippen molar-refractivity contribution in [1.82, 2.24) is 0 Å². The van der Waals surface area contributed by atoms with Crippen molar-refractivity contribution in [2.45, 2.75) is 27.7 Å². The zero-order chi connectivity index (χ0) is 7.15. The van der Waals surface area contributed by atoms with Crippen LogP contribution < -0.4 is 0 Å². The molecule has 0 aliphatic rings. The standard InChI is InChI=1S/C6H10.C2H6/c1-5(2)6(3)4;1-2/h1,3H2,2,4H3;1-2H3. The summed E-state index contributed by atoms with van der Waals surface area (Å²) in [5, 5.41) is 0. The number of hydrogen-bond donors (Lipinski definition) is 0. The van der Waals surface area contributed by atoms with Crippen molar-refractivity contribution in [1.29, 1.82) is 0 Å². The molecule has 0 aliphatic carbocycles. The molecule has 0 unspecified atom stereocenters. The summed E-state index contributed by atoms with van der Waals surface area (Å²) in [6.07, 6.45) is 0. The van der Waals surface area contributed by atoms with Crippen LogP contribution in [0, 0.1) is 0 Å². The molecule has 0 heteroatoms. The van der Waals surface area contributed by atoms with Crippen LogP contribution in [0.5, 0.6) is 0 Å². The summed E-state index contributed by atoms with van der Waals surface area (Å²) in [5.41, 5.74) is 2.13. The molecule has 8 heavy (non-hydrogen) atoms. The average Bonchev–Trinajstić information content (AvgIpc) is 1.72. The molecule has 0 N–H and O–H groups in total. The predicted molar refractivity (Wildman–Crippen MR) is 41.0 cm³/mol. The second-order valence-electron chi connectivity index (χ2n) is 1.56. The van der Waals surface area contributed by atoms with Crippen LogP contribution in [0.3, 0.4) is 0 Å². The molecule has 48 valence electrons. The first-order valence-corrected chi connectivity index (χ1v) is 2.96. The summed E-state index contributed by atoms with van der Waals surface area (Å²) in [5.74, 6) is 0. The van der Waals surface area contributed by atoms with Crippen LogP contribution in [0.15, 0.2) is 24.3 Å². The Balaban J connectivity index is 0. The molecular formula is C8H16. The maximum absolute atomic E-state index is 3.66. The fourth-order valence-corrected chi connectivity index (χ4v) is 0. The van der Waals surface area contributed by atoms with Crippen LogP contribution in [0.25, 0.3) is 0 Å². The van der Waals surface area contributed by atoms with Gasteiger partial charge in [-0.1, -0.05) is 38.2 Å². The topological polar surface area (TPSA) is 0 Å². The molecule has 0 saturated carbocycles. The van der Waals surface area contributed by atoms with E-state index in [1.165, 1.54) is 0 Å². The lowest BCUT2D eigenvalue weighted by Gasteiger charge is -1.88. The van der Waals surface area contributed by atoms with E-state index < -0.39 is 0 Å². The van der Waals surface area contributed by atoms with E-state index in [2.05, 4.69) is 13.2 Å². The first-order valence-electron chi connectivity index (χ1n) is 2.96. The first kappa shape index (κ1) is 10.5. The van der Waals surface area contributed by atoms with Crippen LogP contribution in [0.2, 0.25) is 0 Å². The molecule has 0 nitrogen and oxygen atoms in total. The van der Waals surface area contributed by atoms with Gasteiger partial charge in [0.05, 0.1) is 0 Å². The van der Waals surface area contributed by atoms with Crippen LogP contribution in [-0.2, 0) is 0 Å². The first-order chi connectivity index (χ1) is 3.64. The van der Waals surface area contributed by atoms with E-state index in [4.69, 9.17) is 0 Å². The summed E-state index contributed by atoms with van der Waals surface area (Å²) < 4.78 is 0. The van der Waals surface area contributed by atoms with Gasteiger partial charge in [0.1, 0.15) is 0 Å². The van der Waals surface area contributed by atoms with E-state index in [0.717, 1.165) is 11.1 Å². The third kappa shape index (κ3) is 9.08. The third-order valence-corrected chi connectivity index (χ3v) is 0.729. The predicted octanol–water partition coefficient (Wildman–Crippen LogP) is 3.16. The molecule has 0 heterocycles. The lowest BCUT2D eigenvalue weighted by atomic mass is 10.2. The Kier molecular flexibility index (Phi) is 8.47. The normalized spacial score (nSPS) is 6.50. The van der Waals surface area contributed by atoms with Crippen molar-refractivity contribution in [2.24, 2.45) is 0 Å². The monoisotopic (exact) mass is 112 g/mol. The van der Waals surface area contributed by atoms with Crippen molar-refractivity contribution in [3.05, 3.63) is 24.3 Å². The van der Waals surface area contributed by atoms with E-state index in [9.17, 15) is 0 Å². The molecule has 0 fully saturated rings. The highest BCUT2D eigenvalue weighted by Crippen LogP contribution is 1.98. The van der Waals surface area contributed by atoms with Crippen molar-refractivity contribution in [3.8, 4) is 0 Å². The Bertz CT molecular complexity index is 66.0. The molecule has 0 aromatic carbocycles. The van der Waals surface area contributed by atoms with Gasteiger partial charge in [-0.05, 0) is 13.8 Å². The molecule has 0 atom stereocenters. The molecule has 0 saturated heterocycles. The highest BCUT2D eigenvalue weighted by Gasteiger charge is 1.77. The number of rotatable bonds is 1. The molecule has 0 bridgehead atoms.